The van der Waals surface area contributed by atoms with Crippen molar-refractivity contribution in [3.8, 4) is 0 Å². The van der Waals surface area contributed by atoms with Crippen molar-refractivity contribution < 1.29 is 9.90 Å². The zero-order valence-corrected chi connectivity index (χ0v) is 8.23. The Kier molecular flexibility index (Phi) is 2.07. The average Bonchev–Trinajstić information content (AvgIpc) is 2.39. The molecule has 0 amide bonds. The van der Waals surface area contributed by atoms with Crippen LogP contribution in [-0.4, -0.2) is 21.4 Å². The van der Waals surface area contributed by atoms with E-state index < -0.39 is 5.97 Å². The molecular weight excluding hydrogens is 186 g/mol. The van der Waals surface area contributed by atoms with E-state index in [1.165, 1.54) is 5.56 Å². The number of hydrogen-bond donors (Lipinski definition) is 1. The molecule has 3 nitrogen and oxygen atoms in total. The Morgan fingerprint density at radius 2 is 2.46 bits per heavy atom. The molecule has 0 unspecified atom stereocenters. The summed E-state index contributed by atoms with van der Waals surface area (Å²) in [4.78, 5) is 10.9. The van der Waals surface area contributed by atoms with Crippen molar-refractivity contribution in [1.29, 1.82) is 0 Å². The molecule has 2 heterocycles. The molecule has 0 saturated heterocycles. The van der Waals surface area contributed by atoms with Gasteiger partial charge in [-0.15, -0.1) is 0 Å². The number of carboxylic acids is 1. The Bertz CT molecular complexity index is 357. The second kappa shape index (κ2) is 3.10. The summed E-state index contributed by atoms with van der Waals surface area (Å²) in [6.07, 6.45) is 2.83. The SMILES string of the molecule is Cn1cc2c(c1C(=O)O)CCSC2. The van der Waals surface area contributed by atoms with Crippen LogP contribution in [0.1, 0.15) is 21.6 Å². The van der Waals surface area contributed by atoms with Crippen molar-refractivity contribution in [2.45, 2.75) is 12.2 Å². The van der Waals surface area contributed by atoms with Crippen molar-refractivity contribution in [3.63, 3.8) is 0 Å². The van der Waals surface area contributed by atoms with Crippen molar-refractivity contribution in [2.75, 3.05) is 5.75 Å². The molecule has 1 aliphatic rings. The minimum atomic E-state index is -0.810. The molecule has 70 valence electrons. The van der Waals surface area contributed by atoms with Gasteiger partial charge in [0, 0.05) is 19.0 Å². The third-order valence-electron chi connectivity index (χ3n) is 2.33. The summed E-state index contributed by atoms with van der Waals surface area (Å²) in [5.74, 6) is 1.18. The minimum Gasteiger partial charge on any atom is -0.477 e. The Balaban J connectivity index is 2.54. The van der Waals surface area contributed by atoms with E-state index in [9.17, 15) is 4.79 Å². The van der Waals surface area contributed by atoms with E-state index >= 15 is 0 Å². The van der Waals surface area contributed by atoms with Gasteiger partial charge in [0.2, 0.25) is 0 Å². The smallest absolute Gasteiger partial charge is 0.352 e. The summed E-state index contributed by atoms with van der Waals surface area (Å²) in [7, 11) is 1.80. The summed E-state index contributed by atoms with van der Waals surface area (Å²) < 4.78 is 1.72. The number of aromatic nitrogens is 1. The van der Waals surface area contributed by atoms with Crippen LogP contribution in [0.25, 0.3) is 0 Å². The van der Waals surface area contributed by atoms with Crippen LogP contribution in [0.3, 0.4) is 0 Å². The molecule has 1 aliphatic heterocycles. The zero-order valence-electron chi connectivity index (χ0n) is 7.41. The first-order chi connectivity index (χ1) is 6.20. The summed E-state index contributed by atoms with van der Waals surface area (Å²) >= 11 is 1.87. The Morgan fingerprint density at radius 3 is 3.15 bits per heavy atom. The van der Waals surface area contributed by atoms with Gasteiger partial charge >= 0.3 is 5.97 Å². The lowest BCUT2D eigenvalue weighted by Gasteiger charge is -2.10. The molecule has 0 aromatic carbocycles. The van der Waals surface area contributed by atoms with Gasteiger partial charge in [-0.25, -0.2) is 4.79 Å². The molecule has 2 rings (SSSR count). The number of hydrogen-bond acceptors (Lipinski definition) is 2. The topological polar surface area (TPSA) is 42.2 Å². The number of nitrogens with zero attached hydrogens (tertiary/aromatic N) is 1. The molecule has 0 spiro atoms. The highest BCUT2D eigenvalue weighted by atomic mass is 32.2. The van der Waals surface area contributed by atoms with Crippen LogP contribution in [0.5, 0.6) is 0 Å². The maximum absolute atomic E-state index is 10.9. The fourth-order valence-corrected chi connectivity index (χ4v) is 2.74. The van der Waals surface area contributed by atoms with Crippen molar-refractivity contribution in [1.82, 2.24) is 4.57 Å². The first-order valence-corrected chi connectivity index (χ1v) is 5.33. The van der Waals surface area contributed by atoms with Gasteiger partial charge in [0.25, 0.3) is 0 Å². The maximum Gasteiger partial charge on any atom is 0.352 e. The highest BCUT2D eigenvalue weighted by Gasteiger charge is 2.21. The number of thioether (sulfide) groups is 1. The minimum absolute atomic E-state index is 0.468. The van der Waals surface area contributed by atoms with Crippen LogP contribution < -0.4 is 0 Å². The Hall–Kier alpha value is -0.900. The first kappa shape index (κ1) is 8.69. The quantitative estimate of drug-likeness (QED) is 0.742. The highest BCUT2D eigenvalue weighted by Crippen LogP contribution is 2.28. The van der Waals surface area contributed by atoms with E-state index in [2.05, 4.69) is 0 Å². The van der Waals surface area contributed by atoms with E-state index in [1.807, 2.05) is 18.0 Å². The lowest BCUT2D eigenvalue weighted by molar-refractivity contribution is 0.0685. The third-order valence-corrected chi connectivity index (χ3v) is 3.34. The zero-order chi connectivity index (χ0) is 9.42. The van der Waals surface area contributed by atoms with Gasteiger partial charge in [-0.2, -0.15) is 11.8 Å². The lowest BCUT2D eigenvalue weighted by atomic mass is 10.1. The molecule has 1 aromatic heterocycles. The normalized spacial score (nSPS) is 15.5. The number of carboxylic acid groups (broad SMARTS) is 1. The standard InChI is InChI=1S/C9H11NO2S/c1-10-4-6-5-13-3-2-7(6)8(10)9(11)12/h4H,2-3,5H2,1H3,(H,11,12). The van der Waals surface area contributed by atoms with Gasteiger partial charge in [0.1, 0.15) is 5.69 Å². The third kappa shape index (κ3) is 1.35. The monoisotopic (exact) mass is 197 g/mol. The fourth-order valence-electron chi connectivity index (χ4n) is 1.78. The molecule has 0 aliphatic carbocycles. The molecule has 0 radical (unpaired) electrons. The van der Waals surface area contributed by atoms with Gasteiger partial charge < -0.3 is 9.67 Å². The number of rotatable bonds is 1. The van der Waals surface area contributed by atoms with Crippen LogP contribution in [-0.2, 0) is 19.2 Å². The molecule has 0 fully saturated rings. The van der Waals surface area contributed by atoms with Crippen LogP contribution in [0.15, 0.2) is 6.20 Å². The largest absolute Gasteiger partial charge is 0.477 e. The molecule has 1 N–H and O–H groups in total. The highest BCUT2D eigenvalue weighted by molar-refractivity contribution is 7.98. The van der Waals surface area contributed by atoms with E-state index in [-0.39, 0.29) is 0 Å². The number of carbonyl (C=O) groups is 1. The number of aryl methyl sites for hydroxylation is 1. The van der Waals surface area contributed by atoms with Crippen LogP contribution >= 0.6 is 11.8 Å². The lowest BCUT2D eigenvalue weighted by Crippen LogP contribution is -2.09. The molecule has 0 saturated carbocycles. The Labute approximate surface area is 80.7 Å². The van der Waals surface area contributed by atoms with E-state index in [0.717, 1.165) is 23.5 Å². The van der Waals surface area contributed by atoms with Gasteiger partial charge in [0.15, 0.2) is 0 Å². The fraction of sp³-hybridized carbons (Fsp3) is 0.444. The summed E-state index contributed by atoms with van der Waals surface area (Å²) in [6.45, 7) is 0. The molecule has 0 bridgehead atoms. The number of aromatic carboxylic acids is 1. The van der Waals surface area contributed by atoms with Gasteiger partial charge in [0.05, 0.1) is 0 Å². The molecule has 13 heavy (non-hydrogen) atoms. The number of fused-ring (bicyclic) bond motifs is 1. The van der Waals surface area contributed by atoms with Crippen LogP contribution in [0.4, 0.5) is 0 Å². The van der Waals surface area contributed by atoms with Crippen molar-refractivity contribution >= 4 is 17.7 Å². The van der Waals surface area contributed by atoms with Crippen molar-refractivity contribution in [2.24, 2.45) is 7.05 Å². The molecular formula is C9H11NO2S. The average molecular weight is 197 g/mol. The first-order valence-electron chi connectivity index (χ1n) is 4.18. The Morgan fingerprint density at radius 1 is 1.69 bits per heavy atom. The molecule has 0 atom stereocenters. The van der Waals surface area contributed by atoms with Crippen molar-refractivity contribution in [3.05, 3.63) is 23.0 Å². The molecule has 4 heteroatoms. The van der Waals surface area contributed by atoms with Gasteiger partial charge in [-0.3, -0.25) is 0 Å². The van der Waals surface area contributed by atoms with Gasteiger partial charge in [-0.05, 0) is 23.3 Å². The van der Waals surface area contributed by atoms with Crippen LogP contribution in [0.2, 0.25) is 0 Å². The maximum atomic E-state index is 10.9. The van der Waals surface area contributed by atoms with E-state index in [4.69, 9.17) is 5.11 Å². The summed E-state index contributed by atoms with van der Waals surface area (Å²) in [6, 6.07) is 0. The van der Waals surface area contributed by atoms with E-state index in [1.54, 1.807) is 11.6 Å². The summed E-state index contributed by atoms with van der Waals surface area (Å²) in [5, 5.41) is 8.98. The second-order valence-electron chi connectivity index (χ2n) is 3.20. The van der Waals surface area contributed by atoms with Crippen LogP contribution in [0, 0.1) is 0 Å². The second-order valence-corrected chi connectivity index (χ2v) is 4.31. The predicted molar refractivity (Wildman–Crippen MR) is 52.2 cm³/mol. The predicted octanol–water partition coefficient (Wildman–Crippen LogP) is 1.51. The van der Waals surface area contributed by atoms with Gasteiger partial charge in [-0.1, -0.05) is 0 Å². The molecule has 1 aromatic rings. The summed E-state index contributed by atoms with van der Waals surface area (Å²) in [5.41, 5.74) is 2.69. The van der Waals surface area contributed by atoms with E-state index in [0.29, 0.717) is 5.69 Å².